The lowest BCUT2D eigenvalue weighted by atomic mass is 10.1. The van der Waals surface area contributed by atoms with Gasteiger partial charge in [0, 0.05) is 11.3 Å². The monoisotopic (exact) mass is 557 g/mol. The van der Waals surface area contributed by atoms with Crippen molar-refractivity contribution < 1.29 is 37.1 Å². The SMILES string of the molecule is CCOC(=O)c1ccc(N2C(=O)C(Cl)=C(Nc3cccc(C(=O)Nc4ccccc4C(F)(F)F)c3)C2=O)cc1. The molecule has 0 bridgehead atoms. The van der Waals surface area contributed by atoms with Crippen molar-refractivity contribution in [2.24, 2.45) is 0 Å². The Balaban J connectivity index is 1.52. The fraction of sp³-hybridized carbons (Fsp3) is 0.111. The van der Waals surface area contributed by atoms with Gasteiger partial charge in [-0.25, -0.2) is 9.69 Å². The van der Waals surface area contributed by atoms with Crippen LogP contribution in [0.1, 0.15) is 33.2 Å². The molecule has 0 aromatic heterocycles. The lowest BCUT2D eigenvalue weighted by Gasteiger charge is -2.16. The Labute approximate surface area is 225 Å². The third-order valence-electron chi connectivity index (χ3n) is 5.54. The van der Waals surface area contributed by atoms with Gasteiger partial charge in [0.2, 0.25) is 0 Å². The summed E-state index contributed by atoms with van der Waals surface area (Å²) in [6.45, 7) is 1.84. The molecule has 0 radical (unpaired) electrons. The summed E-state index contributed by atoms with van der Waals surface area (Å²) < 4.78 is 44.7. The summed E-state index contributed by atoms with van der Waals surface area (Å²) in [5.41, 5.74) is -1.14. The second-order valence-corrected chi connectivity index (χ2v) is 8.48. The van der Waals surface area contributed by atoms with Crippen molar-refractivity contribution in [3.05, 3.63) is 100 Å². The summed E-state index contributed by atoms with van der Waals surface area (Å²) in [7, 11) is 0. The molecule has 0 saturated carbocycles. The molecule has 39 heavy (non-hydrogen) atoms. The van der Waals surface area contributed by atoms with Crippen molar-refractivity contribution in [1.82, 2.24) is 0 Å². The lowest BCUT2D eigenvalue weighted by Crippen LogP contribution is -2.32. The topological polar surface area (TPSA) is 105 Å². The lowest BCUT2D eigenvalue weighted by molar-refractivity contribution is -0.137. The highest BCUT2D eigenvalue weighted by atomic mass is 35.5. The molecule has 0 unspecified atom stereocenters. The van der Waals surface area contributed by atoms with Crippen LogP contribution in [0.3, 0.4) is 0 Å². The van der Waals surface area contributed by atoms with Gasteiger partial charge in [-0.05, 0) is 61.5 Å². The number of alkyl halides is 3. The zero-order valence-corrected chi connectivity index (χ0v) is 20.9. The maximum atomic E-state index is 13.3. The van der Waals surface area contributed by atoms with E-state index in [1.54, 1.807) is 6.92 Å². The van der Waals surface area contributed by atoms with E-state index in [0.29, 0.717) is 0 Å². The van der Waals surface area contributed by atoms with Crippen molar-refractivity contribution in [2.75, 3.05) is 22.1 Å². The zero-order valence-electron chi connectivity index (χ0n) is 20.1. The number of esters is 1. The van der Waals surface area contributed by atoms with Crippen LogP contribution >= 0.6 is 11.6 Å². The normalized spacial score (nSPS) is 13.5. The number of rotatable bonds is 7. The molecule has 1 aliphatic rings. The van der Waals surface area contributed by atoms with Gasteiger partial charge in [-0.15, -0.1) is 0 Å². The predicted molar refractivity (Wildman–Crippen MR) is 137 cm³/mol. The number of halogens is 4. The molecule has 200 valence electrons. The minimum atomic E-state index is -4.67. The maximum Gasteiger partial charge on any atom is 0.418 e. The van der Waals surface area contributed by atoms with E-state index in [9.17, 15) is 32.3 Å². The summed E-state index contributed by atoms with van der Waals surface area (Å²) in [6, 6.07) is 15.7. The van der Waals surface area contributed by atoms with E-state index in [1.807, 2.05) is 0 Å². The minimum Gasteiger partial charge on any atom is -0.462 e. The molecule has 12 heteroatoms. The number of ether oxygens (including phenoxy) is 1. The van der Waals surface area contributed by atoms with E-state index in [4.69, 9.17) is 16.3 Å². The second-order valence-electron chi connectivity index (χ2n) is 8.11. The summed E-state index contributed by atoms with van der Waals surface area (Å²) in [4.78, 5) is 51.2. The molecular formula is C27H19ClF3N3O5. The molecule has 0 saturated heterocycles. The van der Waals surface area contributed by atoms with Gasteiger partial charge >= 0.3 is 12.1 Å². The number of carbonyl (C=O) groups excluding carboxylic acids is 4. The molecule has 1 aliphatic heterocycles. The van der Waals surface area contributed by atoms with Gasteiger partial charge in [0.1, 0.15) is 10.7 Å². The predicted octanol–water partition coefficient (Wildman–Crippen LogP) is 5.57. The summed E-state index contributed by atoms with van der Waals surface area (Å²) >= 11 is 6.16. The summed E-state index contributed by atoms with van der Waals surface area (Å²) in [6.07, 6.45) is -4.67. The highest BCUT2D eigenvalue weighted by molar-refractivity contribution is 6.53. The molecule has 0 atom stereocenters. The first-order chi connectivity index (χ1) is 18.5. The first-order valence-corrected chi connectivity index (χ1v) is 11.8. The third kappa shape index (κ3) is 5.78. The van der Waals surface area contributed by atoms with Crippen LogP contribution in [-0.2, 0) is 20.5 Å². The fourth-order valence-corrected chi connectivity index (χ4v) is 3.94. The van der Waals surface area contributed by atoms with E-state index >= 15 is 0 Å². The Kier molecular flexibility index (Phi) is 7.73. The van der Waals surface area contributed by atoms with Crippen molar-refractivity contribution in [3.8, 4) is 0 Å². The smallest absolute Gasteiger partial charge is 0.418 e. The Morgan fingerprint density at radius 3 is 2.28 bits per heavy atom. The van der Waals surface area contributed by atoms with Crippen LogP contribution in [0.5, 0.6) is 0 Å². The number of hydrogen-bond donors (Lipinski definition) is 2. The zero-order chi connectivity index (χ0) is 28.3. The minimum absolute atomic E-state index is 0.0168. The summed E-state index contributed by atoms with van der Waals surface area (Å²) in [5.74, 6) is -2.99. The number of nitrogens with zero attached hydrogens (tertiary/aromatic N) is 1. The van der Waals surface area contributed by atoms with Crippen molar-refractivity contribution >= 4 is 52.4 Å². The second kappa shape index (κ2) is 11.0. The van der Waals surface area contributed by atoms with Gasteiger partial charge in [-0.2, -0.15) is 13.2 Å². The van der Waals surface area contributed by atoms with Crippen molar-refractivity contribution in [3.63, 3.8) is 0 Å². The molecule has 4 rings (SSSR count). The average Bonchev–Trinajstić information content (AvgIpc) is 3.11. The molecule has 3 aromatic carbocycles. The third-order valence-corrected chi connectivity index (χ3v) is 5.89. The molecule has 1 heterocycles. The highest BCUT2D eigenvalue weighted by Gasteiger charge is 2.39. The van der Waals surface area contributed by atoms with Gasteiger partial charge in [0.05, 0.1) is 29.1 Å². The Morgan fingerprint density at radius 2 is 1.62 bits per heavy atom. The molecule has 3 amide bonds. The van der Waals surface area contributed by atoms with Crippen molar-refractivity contribution in [2.45, 2.75) is 13.1 Å². The van der Waals surface area contributed by atoms with Crippen LogP contribution in [0.4, 0.5) is 30.2 Å². The number of amides is 3. The van der Waals surface area contributed by atoms with Crippen LogP contribution in [0.25, 0.3) is 0 Å². The average molecular weight is 558 g/mol. The molecular weight excluding hydrogens is 539 g/mol. The Morgan fingerprint density at radius 1 is 0.923 bits per heavy atom. The molecule has 0 spiro atoms. The van der Waals surface area contributed by atoms with Gasteiger partial charge in [-0.1, -0.05) is 29.8 Å². The maximum absolute atomic E-state index is 13.3. The molecule has 0 fully saturated rings. The Hall–Kier alpha value is -4.64. The van der Waals surface area contributed by atoms with Crippen LogP contribution in [0, 0.1) is 0 Å². The highest BCUT2D eigenvalue weighted by Crippen LogP contribution is 2.35. The van der Waals surface area contributed by atoms with Crippen LogP contribution in [0.2, 0.25) is 0 Å². The molecule has 3 aromatic rings. The molecule has 2 N–H and O–H groups in total. The quantitative estimate of drug-likeness (QED) is 0.291. The first-order valence-electron chi connectivity index (χ1n) is 11.4. The molecule has 0 aliphatic carbocycles. The summed E-state index contributed by atoms with van der Waals surface area (Å²) in [5, 5.41) is 4.54. The van der Waals surface area contributed by atoms with Crippen LogP contribution in [0.15, 0.2) is 83.5 Å². The van der Waals surface area contributed by atoms with E-state index in [2.05, 4.69) is 10.6 Å². The van der Waals surface area contributed by atoms with E-state index in [0.717, 1.165) is 17.0 Å². The van der Waals surface area contributed by atoms with Gasteiger partial charge in [-0.3, -0.25) is 14.4 Å². The first kappa shape index (κ1) is 27.4. The number of para-hydroxylation sites is 1. The number of anilines is 3. The van der Waals surface area contributed by atoms with Crippen LogP contribution < -0.4 is 15.5 Å². The largest absolute Gasteiger partial charge is 0.462 e. The Bertz CT molecular complexity index is 1500. The number of hydrogen-bond acceptors (Lipinski definition) is 6. The fourth-order valence-electron chi connectivity index (χ4n) is 3.72. The standard InChI is InChI=1S/C27H19ClF3N3O5/c1-2-39-26(38)15-10-12-18(13-11-15)34-24(36)21(28)22(25(34)37)32-17-7-5-6-16(14-17)23(35)33-20-9-4-3-8-19(20)27(29,30)31/h3-14,32H,2H2,1H3,(H,33,35). The van der Waals surface area contributed by atoms with E-state index in [-0.39, 0.29) is 34.8 Å². The van der Waals surface area contributed by atoms with Crippen LogP contribution in [-0.4, -0.2) is 30.3 Å². The number of imide groups is 1. The number of carbonyl (C=O) groups is 4. The molecule has 8 nitrogen and oxygen atoms in total. The van der Waals surface area contributed by atoms with E-state index in [1.165, 1.54) is 60.7 Å². The van der Waals surface area contributed by atoms with Gasteiger partial charge in [0.15, 0.2) is 0 Å². The van der Waals surface area contributed by atoms with Gasteiger partial charge in [0.25, 0.3) is 17.7 Å². The number of nitrogens with one attached hydrogen (secondary N) is 2. The van der Waals surface area contributed by atoms with Crippen molar-refractivity contribution in [1.29, 1.82) is 0 Å². The number of benzene rings is 3. The van der Waals surface area contributed by atoms with Gasteiger partial charge < -0.3 is 15.4 Å². The van der Waals surface area contributed by atoms with E-state index < -0.39 is 46.2 Å².